The molecule has 0 fully saturated rings. The van der Waals surface area contributed by atoms with Gasteiger partial charge in [0.2, 0.25) is 0 Å². The average Bonchev–Trinajstić information content (AvgIpc) is 2.63. The number of likely N-dealkylation sites (N-methyl/N-ethyl adjacent to an activating group) is 1. The highest BCUT2D eigenvalue weighted by Gasteiger charge is 2.10. The van der Waals surface area contributed by atoms with Crippen LogP contribution in [0.25, 0.3) is 0 Å². The summed E-state index contributed by atoms with van der Waals surface area (Å²) in [7, 11) is 3.68. The maximum absolute atomic E-state index is 5.47. The average molecular weight is 213 g/mol. The van der Waals surface area contributed by atoms with Crippen LogP contribution in [0.4, 0.5) is 0 Å². The molecule has 6 heteroatoms. The Kier molecular flexibility index (Phi) is 5.20. The smallest absolute Gasteiger partial charge is 0.176 e. The quantitative estimate of drug-likeness (QED) is 0.634. The van der Waals surface area contributed by atoms with Crippen LogP contribution < -0.4 is 5.32 Å². The van der Waals surface area contributed by atoms with Gasteiger partial charge in [-0.15, -0.1) is 10.2 Å². The predicted octanol–water partition coefficient (Wildman–Crippen LogP) is -0.233. The molecule has 0 aliphatic carbocycles. The normalized spacial score (nSPS) is 13.0. The van der Waals surface area contributed by atoms with Crippen LogP contribution in [-0.2, 0) is 18.2 Å². The molecule has 0 bridgehead atoms. The van der Waals surface area contributed by atoms with Crippen LogP contribution in [0.1, 0.15) is 19.2 Å². The Hall–Kier alpha value is -1.01. The lowest BCUT2D eigenvalue weighted by molar-refractivity contribution is 0.113. The summed E-state index contributed by atoms with van der Waals surface area (Å²) >= 11 is 0. The summed E-state index contributed by atoms with van der Waals surface area (Å²) in [5.41, 5.74) is 0. The van der Waals surface area contributed by atoms with E-state index < -0.39 is 0 Å². The van der Waals surface area contributed by atoms with Gasteiger partial charge >= 0.3 is 0 Å². The maximum Gasteiger partial charge on any atom is 0.176 e. The number of hydrogen-bond donors (Lipinski definition) is 1. The van der Waals surface area contributed by atoms with Crippen molar-refractivity contribution in [2.24, 2.45) is 7.05 Å². The summed E-state index contributed by atoms with van der Waals surface area (Å²) in [6.45, 7) is 3.58. The van der Waals surface area contributed by atoms with Crippen molar-refractivity contribution < 1.29 is 4.74 Å². The van der Waals surface area contributed by atoms with Crippen molar-refractivity contribution in [1.82, 2.24) is 25.5 Å². The Bertz CT molecular complexity index is 275. The van der Waals surface area contributed by atoms with E-state index in [0.29, 0.717) is 6.61 Å². The number of aromatic nitrogens is 4. The van der Waals surface area contributed by atoms with Crippen molar-refractivity contribution in [2.45, 2.75) is 25.8 Å². The third-order valence-corrected chi connectivity index (χ3v) is 2.05. The van der Waals surface area contributed by atoms with Gasteiger partial charge in [-0.2, -0.15) is 4.80 Å². The Balaban J connectivity index is 2.33. The number of tetrazole rings is 1. The predicted molar refractivity (Wildman–Crippen MR) is 56.5 cm³/mol. The molecule has 1 aromatic rings. The number of hydrogen-bond acceptors (Lipinski definition) is 5. The number of rotatable bonds is 7. The van der Waals surface area contributed by atoms with E-state index in [1.807, 2.05) is 7.05 Å². The minimum Gasteiger partial charge on any atom is -0.380 e. The lowest BCUT2D eigenvalue weighted by Gasteiger charge is -2.13. The van der Waals surface area contributed by atoms with Gasteiger partial charge in [0.25, 0.3) is 0 Å². The molecule has 1 unspecified atom stereocenters. The fourth-order valence-electron chi connectivity index (χ4n) is 1.24. The molecule has 6 nitrogen and oxygen atoms in total. The first kappa shape index (κ1) is 12.1. The van der Waals surface area contributed by atoms with Crippen LogP contribution in [0.3, 0.4) is 0 Å². The molecule has 0 saturated heterocycles. The van der Waals surface area contributed by atoms with Gasteiger partial charge in [0.1, 0.15) is 0 Å². The van der Waals surface area contributed by atoms with Gasteiger partial charge in [-0.3, -0.25) is 0 Å². The molecule has 0 aliphatic heterocycles. The zero-order chi connectivity index (χ0) is 11.1. The molecule has 0 radical (unpaired) electrons. The van der Waals surface area contributed by atoms with Crippen LogP contribution in [0.15, 0.2) is 0 Å². The molecular weight excluding hydrogens is 194 g/mol. The molecule has 0 aliphatic rings. The van der Waals surface area contributed by atoms with E-state index in [1.54, 1.807) is 7.05 Å². The third kappa shape index (κ3) is 4.35. The van der Waals surface area contributed by atoms with Crippen molar-refractivity contribution in [2.75, 3.05) is 20.3 Å². The summed E-state index contributed by atoms with van der Waals surface area (Å²) in [4.78, 5) is 1.47. The van der Waals surface area contributed by atoms with E-state index in [9.17, 15) is 0 Å². The molecule has 15 heavy (non-hydrogen) atoms. The van der Waals surface area contributed by atoms with Gasteiger partial charge in [-0.25, -0.2) is 0 Å². The van der Waals surface area contributed by atoms with Gasteiger partial charge in [0.05, 0.1) is 13.7 Å². The first-order valence-electron chi connectivity index (χ1n) is 5.24. The van der Waals surface area contributed by atoms with Gasteiger partial charge in [-0.1, -0.05) is 6.92 Å². The highest BCUT2D eigenvalue weighted by Crippen LogP contribution is 1.96. The van der Waals surface area contributed by atoms with Gasteiger partial charge in [0, 0.05) is 19.1 Å². The fraction of sp³-hybridized carbons (Fsp3) is 0.889. The van der Waals surface area contributed by atoms with Crippen LogP contribution >= 0.6 is 0 Å². The summed E-state index contributed by atoms with van der Waals surface area (Å²) in [6.07, 6.45) is 1.79. The van der Waals surface area contributed by atoms with Crippen LogP contribution in [-0.4, -0.2) is 46.5 Å². The number of ether oxygens (including phenoxy) is 1. The molecule has 1 heterocycles. The van der Waals surface area contributed by atoms with E-state index in [-0.39, 0.29) is 6.04 Å². The summed E-state index contributed by atoms with van der Waals surface area (Å²) in [5, 5.41) is 15.0. The maximum atomic E-state index is 5.47. The Morgan fingerprint density at radius 1 is 1.53 bits per heavy atom. The number of aryl methyl sites for hydroxylation is 1. The molecule has 0 amide bonds. The first-order chi connectivity index (χ1) is 7.26. The van der Waals surface area contributed by atoms with E-state index in [4.69, 9.17) is 4.74 Å². The Morgan fingerprint density at radius 2 is 2.33 bits per heavy atom. The lowest BCUT2D eigenvalue weighted by Crippen LogP contribution is -2.33. The standard InChI is InChI=1S/C9H19N5O/c1-4-5-15-7-8(10-2)6-9-11-13-14(3)12-9/h8,10H,4-7H2,1-3H3. The second kappa shape index (κ2) is 6.47. The van der Waals surface area contributed by atoms with Crippen molar-refractivity contribution in [3.63, 3.8) is 0 Å². The second-order valence-electron chi connectivity index (χ2n) is 3.46. The molecular formula is C9H19N5O. The van der Waals surface area contributed by atoms with E-state index >= 15 is 0 Å². The zero-order valence-electron chi connectivity index (χ0n) is 9.60. The monoisotopic (exact) mass is 213 g/mol. The molecule has 1 N–H and O–H groups in total. The van der Waals surface area contributed by atoms with E-state index in [2.05, 4.69) is 27.7 Å². The largest absolute Gasteiger partial charge is 0.380 e. The molecule has 1 rings (SSSR count). The summed E-state index contributed by atoms with van der Waals surface area (Å²) in [5.74, 6) is 0.747. The second-order valence-corrected chi connectivity index (χ2v) is 3.46. The first-order valence-corrected chi connectivity index (χ1v) is 5.24. The highest BCUT2D eigenvalue weighted by molar-refractivity contribution is 4.83. The van der Waals surface area contributed by atoms with Crippen molar-refractivity contribution in [3.8, 4) is 0 Å². The SMILES string of the molecule is CCCOCC(Cc1nnn(C)n1)NC. The molecule has 0 saturated carbocycles. The zero-order valence-corrected chi connectivity index (χ0v) is 9.60. The van der Waals surface area contributed by atoms with E-state index in [0.717, 1.165) is 25.3 Å². The summed E-state index contributed by atoms with van der Waals surface area (Å²) < 4.78 is 5.47. The minimum absolute atomic E-state index is 0.251. The topological polar surface area (TPSA) is 64.9 Å². The Labute approximate surface area is 90.0 Å². The van der Waals surface area contributed by atoms with Crippen LogP contribution in [0.5, 0.6) is 0 Å². The van der Waals surface area contributed by atoms with E-state index in [1.165, 1.54) is 4.80 Å². The van der Waals surface area contributed by atoms with Crippen molar-refractivity contribution in [3.05, 3.63) is 5.82 Å². The van der Waals surface area contributed by atoms with Crippen molar-refractivity contribution in [1.29, 1.82) is 0 Å². The van der Waals surface area contributed by atoms with Gasteiger partial charge in [-0.05, 0) is 18.7 Å². The molecule has 86 valence electrons. The molecule has 1 atom stereocenters. The fourth-order valence-corrected chi connectivity index (χ4v) is 1.24. The van der Waals surface area contributed by atoms with Crippen molar-refractivity contribution >= 4 is 0 Å². The lowest BCUT2D eigenvalue weighted by atomic mass is 10.2. The van der Waals surface area contributed by atoms with Gasteiger partial charge in [0.15, 0.2) is 5.82 Å². The molecule has 1 aromatic heterocycles. The minimum atomic E-state index is 0.251. The number of nitrogens with zero attached hydrogens (tertiary/aromatic N) is 4. The Morgan fingerprint density at radius 3 is 2.87 bits per heavy atom. The van der Waals surface area contributed by atoms with Crippen LogP contribution in [0.2, 0.25) is 0 Å². The van der Waals surface area contributed by atoms with Gasteiger partial charge < -0.3 is 10.1 Å². The third-order valence-electron chi connectivity index (χ3n) is 2.05. The van der Waals surface area contributed by atoms with Crippen LogP contribution in [0, 0.1) is 0 Å². The highest BCUT2D eigenvalue weighted by atomic mass is 16.5. The molecule has 0 spiro atoms. The summed E-state index contributed by atoms with van der Waals surface area (Å²) in [6, 6.07) is 0.251. The molecule has 0 aromatic carbocycles. The number of nitrogens with one attached hydrogen (secondary N) is 1.